The monoisotopic (exact) mass is 397 g/mol. The predicted molar refractivity (Wildman–Crippen MR) is 96.8 cm³/mol. The van der Waals surface area contributed by atoms with Crippen molar-refractivity contribution >= 4 is 33.2 Å². The van der Waals surface area contributed by atoms with Gasteiger partial charge in [-0.3, -0.25) is 4.79 Å². The minimum Gasteiger partial charge on any atom is -0.476 e. The molecule has 0 saturated carbocycles. The van der Waals surface area contributed by atoms with E-state index in [0.717, 1.165) is 11.3 Å². The van der Waals surface area contributed by atoms with E-state index in [0.29, 0.717) is 23.7 Å². The smallest absolute Gasteiger partial charge is 0.355 e. The van der Waals surface area contributed by atoms with E-state index in [1.165, 1.54) is 34.0 Å². The van der Waals surface area contributed by atoms with Crippen LogP contribution in [0, 0.1) is 0 Å². The average Bonchev–Trinajstić information content (AvgIpc) is 3.10. The normalized spacial score (nSPS) is 11.5. The molecule has 10 heteroatoms. The summed E-state index contributed by atoms with van der Waals surface area (Å²) in [6.45, 7) is 4.35. The van der Waals surface area contributed by atoms with Crippen LogP contribution in [0.5, 0.6) is 0 Å². The second kappa shape index (κ2) is 8.39. The van der Waals surface area contributed by atoms with Crippen LogP contribution in [0.25, 0.3) is 0 Å². The van der Waals surface area contributed by atoms with Gasteiger partial charge in [0.15, 0.2) is 5.69 Å². The number of aromatic nitrogens is 1. The Morgan fingerprint density at radius 2 is 1.81 bits per heavy atom. The maximum Gasteiger partial charge on any atom is 0.355 e. The fraction of sp³-hybridized carbons (Fsp3) is 0.312. The molecule has 26 heavy (non-hydrogen) atoms. The summed E-state index contributed by atoms with van der Waals surface area (Å²) >= 11 is 1.14. The molecule has 0 radical (unpaired) electrons. The van der Waals surface area contributed by atoms with Gasteiger partial charge in [-0.15, -0.1) is 11.3 Å². The molecule has 2 aromatic rings. The second-order valence-corrected chi connectivity index (χ2v) is 8.11. The number of amides is 1. The van der Waals surface area contributed by atoms with Crippen LogP contribution in [-0.2, 0) is 16.6 Å². The summed E-state index contributed by atoms with van der Waals surface area (Å²) in [6.07, 6.45) is 0. The van der Waals surface area contributed by atoms with Crippen LogP contribution < -0.4 is 5.32 Å². The zero-order chi connectivity index (χ0) is 19.3. The van der Waals surface area contributed by atoms with Crippen LogP contribution in [0.1, 0.15) is 39.7 Å². The lowest BCUT2D eigenvalue weighted by molar-refractivity contribution is 0.0691. The lowest BCUT2D eigenvalue weighted by Gasteiger charge is -2.18. The molecule has 0 saturated heterocycles. The number of benzene rings is 1. The molecule has 0 aliphatic rings. The van der Waals surface area contributed by atoms with Crippen LogP contribution >= 0.6 is 11.3 Å². The minimum absolute atomic E-state index is 0.0646. The van der Waals surface area contributed by atoms with Crippen molar-refractivity contribution in [2.45, 2.75) is 25.3 Å². The third-order valence-corrected chi connectivity index (χ3v) is 6.54. The van der Waals surface area contributed by atoms with Crippen LogP contribution in [0.2, 0.25) is 0 Å². The number of carbonyl (C=O) groups is 2. The van der Waals surface area contributed by atoms with Gasteiger partial charge in [0.1, 0.15) is 5.01 Å². The molecule has 0 atom stereocenters. The van der Waals surface area contributed by atoms with Gasteiger partial charge in [-0.2, -0.15) is 4.31 Å². The molecule has 0 fully saturated rings. The number of thiazole rings is 1. The lowest BCUT2D eigenvalue weighted by atomic mass is 10.2. The summed E-state index contributed by atoms with van der Waals surface area (Å²) in [6, 6.07) is 5.68. The van der Waals surface area contributed by atoms with Crippen molar-refractivity contribution in [3.63, 3.8) is 0 Å². The number of carboxylic acids is 1. The Kier molecular flexibility index (Phi) is 6.46. The number of sulfonamides is 1. The van der Waals surface area contributed by atoms with Crippen LogP contribution in [0.15, 0.2) is 34.5 Å². The van der Waals surface area contributed by atoms with E-state index in [1.807, 2.05) is 0 Å². The van der Waals surface area contributed by atoms with Crippen molar-refractivity contribution < 1.29 is 23.1 Å². The van der Waals surface area contributed by atoms with Gasteiger partial charge in [0.05, 0.1) is 11.4 Å². The number of hydrogen-bond acceptors (Lipinski definition) is 6. The van der Waals surface area contributed by atoms with Crippen LogP contribution in [0.4, 0.5) is 0 Å². The van der Waals surface area contributed by atoms with Crippen molar-refractivity contribution in [1.82, 2.24) is 14.6 Å². The van der Waals surface area contributed by atoms with E-state index in [-0.39, 0.29) is 17.1 Å². The molecule has 1 amide bonds. The summed E-state index contributed by atoms with van der Waals surface area (Å²) < 4.78 is 26.2. The van der Waals surface area contributed by atoms with E-state index >= 15 is 0 Å². The highest BCUT2D eigenvalue weighted by molar-refractivity contribution is 7.89. The zero-order valence-electron chi connectivity index (χ0n) is 14.3. The van der Waals surface area contributed by atoms with Gasteiger partial charge in [-0.25, -0.2) is 18.2 Å². The quantitative estimate of drug-likeness (QED) is 0.701. The molecule has 2 rings (SSSR count). The summed E-state index contributed by atoms with van der Waals surface area (Å²) in [5, 5.41) is 13.3. The summed E-state index contributed by atoms with van der Waals surface area (Å²) in [4.78, 5) is 26.9. The fourth-order valence-electron chi connectivity index (χ4n) is 2.24. The number of rotatable bonds is 8. The number of nitrogens with one attached hydrogen (secondary N) is 1. The van der Waals surface area contributed by atoms with Gasteiger partial charge < -0.3 is 10.4 Å². The molecular formula is C16H19N3O5S2. The predicted octanol–water partition coefficient (Wildman–Crippen LogP) is 1.80. The number of carboxylic acid groups (broad SMARTS) is 1. The lowest BCUT2D eigenvalue weighted by Crippen LogP contribution is -2.30. The number of aromatic carboxylic acids is 1. The topological polar surface area (TPSA) is 117 Å². The first kappa shape index (κ1) is 20.0. The molecule has 1 heterocycles. The van der Waals surface area contributed by atoms with Crippen molar-refractivity contribution in [1.29, 1.82) is 0 Å². The first-order chi connectivity index (χ1) is 12.3. The number of carbonyl (C=O) groups excluding carboxylic acids is 1. The number of nitrogens with zero attached hydrogens (tertiary/aromatic N) is 2. The Labute approximate surface area is 155 Å². The van der Waals surface area contributed by atoms with Crippen molar-refractivity contribution in [3.8, 4) is 0 Å². The van der Waals surface area contributed by atoms with E-state index in [2.05, 4.69) is 10.3 Å². The van der Waals surface area contributed by atoms with E-state index in [4.69, 9.17) is 5.11 Å². The largest absolute Gasteiger partial charge is 0.476 e. The van der Waals surface area contributed by atoms with Crippen LogP contribution in [-0.4, -0.2) is 47.8 Å². The molecular weight excluding hydrogens is 378 g/mol. The van der Waals surface area contributed by atoms with Gasteiger partial charge in [-0.05, 0) is 24.3 Å². The molecule has 0 aliphatic heterocycles. The maximum atomic E-state index is 12.4. The summed E-state index contributed by atoms with van der Waals surface area (Å²) in [5.41, 5.74) is 0.240. The fourth-order valence-corrected chi connectivity index (χ4v) is 4.40. The zero-order valence-corrected chi connectivity index (χ0v) is 15.9. The molecule has 0 aliphatic carbocycles. The maximum absolute atomic E-state index is 12.4. The van der Waals surface area contributed by atoms with Gasteiger partial charge in [0.25, 0.3) is 5.91 Å². The molecule has 1 aromatic carbocycles. The van der Waals surface area contributed by atoms with Gasteiger partial charge in [-0.1, -0.05) is 13.8 Å². The van der Waals surface area contributed by atoms with Gasteiger partial charge in [0.2, 0.25) is 10.0 Å². The van der Waals surface area contributed by atoms with Crippen molar-refractivity contribution in [2.24, 2.45) is 0 Å². The Bertz CT molecular complexity index is 887. The molecule has 140 valence electrons. The molecule has 2 N–H and O–H groups in total. The molecule has 0 bridgehead atoms. The van der Waals surface area contributed by atoms with Crippen molar-refractivity contribution in [3.05, 3.63) is 45.9 Å². The summed E-state index contributed by atoms with van der Waals surface area (Å²) in [7, 11) is -3.57. The molecule has 8 nitrogen and oxygen atoms in total. The number of hydrogen-bond donors (Lipinski definition) is 2. The highest BCUT2D eigenvalue weighted by Crippen LogP contribution is 2.16. The van der Waals surface area contributed by atoms with E-state index in [1.54, 1.807) is 13.8 Å². The third kappa shape index (κ3) is 4.45. The first-order valence-corrected chi connectivity index (χ1v) is 10.2. The van der Waals surface area contributed by atoms with Gasteiger partial charge in [0, 0.05) is 24.0 Å². The average molecular weight is 397 g/mol. The van der Waals surface area contributed by atoms with E-state index < -0.39 is 21.9 Å². The highest BCUT2D eigenvalue weighted by Gasteiger charge is 2.21. The summed E-state index contributed by atoms with van der Waals surface area (Å²) in [5.74, 6) is -1.52. The molecule has 0 spiro atoms. The first-order valence-electron chi connectivity index (χ1n) is 7.85. The molecule has 1 aromatic heterocycles. The Morgan fingerprint density at radius 3 is 2.31 bits per heavy atom. The van der Waals surface area contributed by atoms with E-state index in [9.17, 15) is 18.0 Å². The molecule has 0 unspecified atom stereocenters. The Hall–Kier alpha value is -2.30. The van der Waals surface area contributed by atoms with Crippen LogP contribution in [0.3, 0.4) is 0 Å². The second-order valence-electron chi connectivity index (χ2n) is 5.23. The Balaban J connectivity index is 2.05. The highest BCUT2D eigenvalue weighted by atomic mass is 32.2. The SMILES string of the molecule is CCN(CC)S(=O)(=O)c1ccc(C(=O)NCc2nc(C(=O)O)cs2)cc1. The van der Waals surface area contributed by atoms with Crippen molar-refractivity contribution in [2.75, 3.05) is 13.1 Å². The Morgan fingerprint density at radius 1 is 1.19 bits per heavy atom. The minimum atomic E-state index is -3.57. The third-order valence-electron chi connectivity index (χ3n) is 3.63. The standard InChI is InChI=1S/C16H19N3O5S2/c1-3-19(4-2)26(23,24)12-7-5-11(6-8-12)15(20)17-9-14-18-13(10-25-14)16(21)22/h5-8,10H,3-4,9H2,1-2H3,(H,17,20)(H,21,22). The van der Waals surface area contributed by atoms with Gasteiger partial charge >= 0.3 is 5.97 Å².